The number of hydrogen-bond acceptors (Lipinski definition) is 7. The number of nitrogens with zero attached hydrogens (tertiary/aromatic N) is 3. The van der Waals surface area contributed by atoms with E-state index in [2.05, 4.69) is 20.7 Å². The standard InChI is InChI=1S/C15H11N5O4S/c1-8(11-6-7-12(25-11)20(23)24)16-19-15(22)13-9-4-2-3-5-10(9)14(21)18-17-13/h2-7H,1H3,(H,18,21)(H,19,22). The summed E-state index contributed by atoms with van der Waals surface area (Å²) in [6.45, 7) is 1.62. The van der Waals surface area contributed by atoms with Crippen molar-refractivity contribution < 1.29 is 9.72 Å². The lowest BCUT2D eigenvalue weighted by molar-refractivity contribution is -0.380. The van der Waals surface area contributed by atoms with Crippen LogP contribution in [0.25, 0.3) is 10.8 Å². The van der Waals surface area contributed by atoms with Crippen molar-refractivity contribution in [3.63, 3.8) is 0 Å². The normalized spacial score (nSPS) is 11.5. The third-order valence-electron chi connectivity index (χ3n) is 3.36. The van der Waals surface area contributed by atoms with Crippen molar-refractivity contribution in [3.8, 4) is 0 Å². The molecule has 2 aromatic heterocycles. The summed E-state index contributed by atoms with van der Waals surface area (Å²) in [6.07, 6.45) is 0. The highest BCUT2D eigenvalue weighted by Crippen LogP contribution is 2.24. The molecule has 0 aliphatic heterocycles. The summed E-state index contributed by atoms with van der Waals surface area (Å²) >= 11 is 0.957. The number of aromatic nitrogens is 2. The molecule has 2 heterocycles. The quantitative estimate of drug-likeness (QED) is 0.419. The predicted molar refractivity (Wildman–Crippen MR) is 93.0 cm³/mol. The van der Waals surface area contributed by atoms with Crippen LogP contribution in [0, 0.1) is 10.1 Å². The van der Waals surface area contributed by atoms with Crippen LogP contribution in [0.15, 0.2) is 46.3 Å². The van der Waals surface area contributed by atoms with Gasteiger partial charge in [0, 0.05) is 11.5 Å². The van der Waals surface area contributed by atoms with E-state index in [1.807, 2.05) is 0 Å². The fourth-order valence-corrected chi connectivity index (χ4v) is 2.92. The number of carbonyl (C=O) groups is 1. The van der Waals surface area contributed by atoms with Gasteiger partial charge in [0.15, 0.2) is 5.69 Å². The Morgan fingerprint density at radius 1 is 1.28 bits per heavy atom. The molecule has 10 heteroatoms. The fraction of sp³-hybridized carbons (Fsp3) is 0.0667. The molecule has 0 saturated heterocycles. The SMILES string of the molecule is CC(=NNC(=O)c1n[nH]c(=O)c2ccccc12)c1ccc([N+](=O)[O-])s1. The zero-order valence-corrected chi connectivity index (χ0v) is 13.7. The van der Waals surface area contributed by atoms with Crippen molar-refractivity contribution in [2.75, 3.05) is 0 Å². The summed E-state index contributed by atoms with van der Waals surface area (Å²) in [7, 11) is 0. The first-order chi connectivity index (χ1) is 12.0. The molecule has 0 saturated carbocycles. The molecule has 2 N–H and O–H groups in total. The Balaban J connectivity index is 1.86. The summed E-state index contributed by atoms with van der Waals surface area (Å²) in [4.78, 5) is 34.8. The Hall–Kier alpha value is -3.40. The Kier molecular flexibility index (Phi) is 4.35. The van der Waals surface area contributed by atoms with Gasteiger partial charge in [0.25, 0.3) is 11.5 Å². The van der Waals surface area contributed by atoms with E-state index in [1.165, 1.54) is 6.07 Å². The molecule has 0 atom stereocenters. The number of H-pyrrole nitrogens is 1. The molecule has 9 nitrogen and oxygen atoms in total. The van der Waals surface area contributed by atoms with Crippen LogP contribution < -0.4 is 11.0 Å². The highest BCUT2D eigenvalue weighted by molar-refractivity contribution is 7.17. The number of nitro groups is 1. The molecule has 3 aromatic rings. The van der Waals surface area contributed by atoms with E-state index < -0.39 is 16.4 Å². The number of benzene rings is 1. The summed E-state index contributed by atoms with van der Waals surface area (Å²) in [5.74, 6) is -0.599. The first kappa shape index (κ1) is 16.5. The van der Waals surface area contributed by atoms with Crippen molar-refractivity contribution in [1.82, 2.24) is 15.6 Å². The first-order valence-electron chi connectivity index (χ1n) is 7.04. The van der Waals surface area contributed by atoms with Gasteiger partial charge in [-0.15, -0.1) is 0 Å². The Morgan fingerprint density at radius 3 is 2.68 bits per heavy atom. The van der Waals surface area contributed by atoms with Crippen molar-refractivity contribution in [3.05, 3.63) is 67.4 Å². The number of hydrogen-bond donors (Lipinski definition) is 2. The van der Waals surface area contributed by atoms with Gasteiger partial charge in [-0.1, -0.05) is 29.5 Å². The van der Waals surface area contributed by atoms with Gasteiger partial charge in [-0.05, 0) is 19.1 Å². The zero-order valence-electron chi connectivity index (χ0n) is 12.8. The molecule has 0 spiro atoms. The molecule has 1 aromatic carbocycles. The first-order valence-corrected chi connectivity index (χ1v) is 7.85. The van der Waals surface area contributed by atoms with Gasteiger partial charge >= 0.3 is 5.00 Å². The molecular weight excluding hydrogens is 346 g/mol. The summed E-state index contributed by atoms with van der Waals surface area (Å²) < 4.78 is 0. The average molecular weight is 357 g/mol. The van der Waals surface area contributed by atoms with Gasteiger partial charge < -0.3 is 0 Å². The smallest absolute Gasteiger partial charge is 0.267 e. The number of amides is 1. The van der Waals surface area contributed by atoms with Gasteiger partial charge in [-0.25, -0.2) is 10.5 Å². The second-order valence-corrected chi connectivity index (χ2v) is 6.04. The second kappa shape index (κ2) is 6.61. The summed E-state index contributed by atoms with van der Waals surface area (Å²) in [5, 5.41) is 21.4. The molecule has 126 valence electrons. The molecule has 25 heavy (non-hydrogen) atoms. The van der Waals surface area contributed by atoms with E-state index in [4.69, 9.17) is 0 Å². The van der Waals surface area contributed by atoms with Crippen molar-refractivity contribution >= 4 is 38.7 Å². The van der Waals surface area contributed by atoms with E-state index in [9.17, 15) is 19.7 Å². The molecule has 0 fully saturated rings. The number of aromatic amines is 1. The largest absolute Gasteiger partial charge is 0.324 e. The number of thiophene rings is 1. The third kappa shape index (κ3) is 3.28. The fourth-order valence-electron chi connectivity index (χ4n) is 2.15. The van der Waals surface area contributed by atoms with Crippen molar-refractivity contribution in [2.45, 2.75) is 6.92 Å². The van der Waals surface area contributed by atoms with Crippen molar-refractivity contribution in [1.29, 1.82) is 0 Å². The molecule has 0 bridgehead atoms. The maximum absolute atomic E-state index is 12.3. The highest BCUT2D eigenvalue weighted by atomic mass is 32.1. The van der Waals surface area contributed by atoms with Gasteiger partial charge in [0.05, 0.1) is 20.9 Å². The Labute approximate surface area is 144 Å². The molecule has 0 unspecified atom stereocenters. The van der Waals surface area contributed by atoms with E-state index in [-0.39, 0.29) is 10.7 Å². The maximum Gasteiger partial charge on any atom is 0.324 e. The second-order valence-electron chi connectivity index (χ2n) is 4.98. The van der Waals surface area contributed by atoms with Gasteiger partial charge in [-0.3, -0.25) is 19.7 Å². The monoisotopic (exact) mass is 357 g/mol. The van der Waals surface area contributed by atoms with E-state index in [0.717, 1.165) is 11.3 Å². The van der Waals surface area contributed by atoms with Crippen LogP contribution in [0.4, 0.5) is 5.00 Å². The average Bonchev–Trinajstić information content (AvgIpc) is 3.10. The summed E-state index contributed by atoms with van der Waals surface area (Å²) in [6, 6.07) is 9.52. The van der Waals surface area contributed by atoms with E-state index >= 15 is 0 Å². The van der Waals surface area contributed by atoms with Crippen LogP contribution in [-0.4, -0.2) is 26.7 Å². The van der Waals surface area contributed by atoms with Crippen LogP contribution in [0.3, 0.4) is 0 Å². The zero-order chi connectivity index (χ0) is 18.0. The topological polar surface area (TPSA) is 130 Å². The molecule has 1 amide bonds. The lowest BCUT2D eigenvalue weighted by atomic mass is 10.1. The highest BCUT2D eigenvalue weighted by Gasteiger charge is 2.15. The van der Waals surface area contributed by atoms with Crippen LogP contribution >= 0.6 is 11.3 Å². The number of hydrazone groups is 1. The minimum atomic E-state index is -0.599. The Bertz CT molecular complexity index is 1070. The number of nitrogens with one attached hydrogen (secondary N) is 2. The van der Waals surface area contributed by atoms with Crippen LogP contribution in [-0.2, 0) is 0 Å². The minimum absolute atomic E-state index is 0.0100. The predicted octanol–water partition coefficient (Wildman–Crippen LogP) is 2.05. The molecule has 0 aliphatic carbocycles. The number of carbonyl (C=O) groups excluding carboxylic acids is 1. The van der Waals surface area contributed by atoms with Crippen LogP contribution in [0.1, 0.15) is 22.3 Å². The molecule has 0 radical (unpaired) electrons. The van der Waals surface area contributed by atoms with Crippen LogP contribution in [0.2, 0.25) is 0 Å². The molecule has 0 aliphatic rings. The molecular formula is C15H11N5O4S. The van der Waals surface area contributed by atoms with E-state index in [0.29, 0.717) is 21.4 Å². The number of fused-ring (bicyclic) bond motifs is 1. The number of rotatable bonds is 4. The third-order valence-corrected chi connectivity index (χ3v) is 4.51. The lowest BCUT2D eigenvalue weighted by Gasteiger charge is -2.04. The Morgan fingerprint density at radius 2 is 2.00 bits per heavy atom. The molecule has 3 rings (SSSR count). The van der Waals surface area contributed by atoms with Crippen molar-refractivity contribution in [2.24, 2.45) is 5.10 Å². The van der Waals surface area contributed by atoms with Gasteiger partial charge in [0.1, 0.15) is 0 Å². The van der Waals surface area contributed by atoms with Crippen LogP contribution in [0.5, 0.6) is 0 Å². The van der Waals surface area contributed by atoms with Gasteiger partial charge in [0.2, 0.25) is 0 Å². The maximum atomic E-state index is 12.3. The van der Waals surface area contributed by atoms with Gasteiger partial charge in [-0.2, -0.15) is 10.2 Å². The van der Waals surface area contributed by atoms with E-state index in [1.54, 1.807) is 37.3 Å². The lowest BCUT2D eigenvalue weighted by Crippen LogP contribution is -2.23. The minimum Gasteiger partial charge on any atom is -0.267 e. The summed E-state index contributed by atoms with van der Waals surface area (Å²) in [5.41, 5.74) is 2.41.